The first kappa shape index (κ1) is 14.4. The van der Waals surface area contributed by atoms with Gasteiger partial charge in [-0.15, -0.1) is 0 Å². The number of fused-ring (bicyclic) bond motifs is 1. The SMILES string of the molecule is CCOC(=O)CC1=CCCc2c1ccc(OC)c2OC. The maximum Gasteiger partial charge on any atom is 0.310 e. The Kier molecular flexibility index (Phi) is 4.66. The van der Waals surface area contributed by atoms with E-state index in [0.717, 1.165) is 41.0 Å². The maximum absolute atomic E-state index is 11.7. The molecule has 0 spiro atoms. The second-order valence-electron chi connectivity index (χ2n) is 4.58. The second kappa shape index (κ2) is 6.46. The van der Waals surface area contributed by atoms with E-state index in [2.05, 4.69) is 6.08 Å². The molecule has 4 heteroatoms. The number of rotatable bonds is 5. The third-order valence-electron chi connectivity index (χ3n) is 3.42. The van der Waals surface area contributed by atoms with Crippen LogP contribution in [0.3, 0.4) is 0 Å². The lowest BCUT2D eigenvalue weighted by Crippen LogP contribution is -2.09. The Morgan fingerprint density at radius 1 is 1.25 bits per heavy atom. The zero-order valence-electron chi connectivity index (χ0n) is 12.2. The van der Waals surface area contributed by atoms with Gasteiger partial charge in [-0.2, -0.15) is 0 Å². The molecule has 1 aromatic carbocycles. The van der Waals surface area contributed by atoms with Crippen molar-refractivity contribution in [1.29, 1.82) is 0 Å². The number of methoxy groups -OCH3 is 2. The molecule has 20 heavy (non-hydrogen) atoms. The van der Waals surface area contributed by atoms with Crippen LogP contribution in [0.2, 0.25) is 0 Å². The molecule has 0 fully saturated rings. The van der Waals surface area contributed by atoms with Crippen LogP contribution in [0.1, 0.15) is 30.9 Å². The molecule has 108 valence electrons. The van der Waals surface area contributed by atoms with Gasteiger partial charge in [-0.3, -0.25) is 4.79 Å². The lowest BCUT2D eigenvalue weighted by atomic mass is 9.88. The molecule has 0 amide bonds. The van der Waals surface area contributed by atoms with Crippen molar-refractivity contribution in [3.8, 4) is 11.5 Å². The van der Waals surface area contributed by atoms with Crippen LogP contribution in [-0.2, 0) is 16.0 Å². The molecule has 1 aliphatic rings. The van der Waals surface area contributed by atoms with Crippen LogP contribution >= 0.6 is 0 Å². The van der Waals surface area contributed by atoms with Crippen molar-refractivity contribution in [2.75, 3.05) is 20.8 Å². The van der Waals surface area contributed by atoms with E-state index < -0.39 is 0 Å². The molecule has 0 aliphatic heterocycles. The van der Waals surface area contributed by atoms with E-state index in [1.165, 1.54) is 0 Å². The predicted molar refractivity (Wildman–Crippen MR) is 77.1 cm³/mol. The van der Waals surface area contributed by atoms with Gasteiger partial charge in [0.15, 0.2) is 11.5 Å². The van der Waals surface area contributed by atoms with Gasteiger partial charge < -0.3 is 14.2 Å². The van der Waals surface area contributed by atoms with Crippen LogP contribution in [0.15, 0.2) is 18.2 Å². The Bertz CT molecular complexity index is 532. The van der Waals surface area contributed by atoms with Gasteiger partial charge in [0.1, 0.15) is 0 Å². The molecule has 0 heterocycles. The van der Waals surface area contributed by atoms with Crippen molar-refractivity contribution < 1.29 is 19.0 Å². The number of hydrogen-bond acceptors (Lipinski definition) is 4. The number of benzene rings is 1. The first-order valence-electron chi connectivity index (χ1n) is 6.80. The first-order valence-corrected chi connectivity index (χ1v) is 6.80. The smallest absolute Gasteiger partial charge is 0.310 e. The molecule has 0 saturated heterocycles. The largest absolute Gasteiger partial charge is 0.493 e. The molecule has 0 N–H and O–H groups in total. The number of carbonyl (C=O) groups excluding carboxylic acids is 1. The summed E-state index contributed by atoms with van der Waals surface area (Å²) in [5.41, 5.74) is 3.17. The van der Waals surface area contributed by atoms with Crippen molar-refractivity contribution in [1.82, 2.24) is 0 Å². The van der Waals surface area contributed by atoms with Gasteiger partial charge in [-0.25, -0.2) is 0 Å². The first-order chi connectivity index (χ1) is 9.71. The van der Waals surface area contributed by atoms with Crippen LogP contribution in [0.25, 0.3) is 5.57 Å². The molecule has 0 unspecified atom stereocenters. The Morgan fingerprint density at radius 2 is 2.05 bits per heavy atom. The third-order valence-corrected chi connectivity index (χ3v) is 3.42. The van der Waals surface area contributed by atoms with Crippen molar-refractivity contribution in [2.24, 2.45) is 0 Å². The fraction of sp³-hybridized carbons (Fsp3) is 0.438. The molecule has 4 nitrogen and oxygen atoms in total. The molecule has 1 aromatic rings. The second-order valence-corrected chi connectivity index (χ2v) is 4.58. The highest BCUT2D eigenvalue weighted by atomic mass is 16.5. The standard InChI is InChI=1S/C16H20O4/c1-4-20-15(17)10-11-6-5-7-13-12(11)8-9-14(18-2)16(13)19-3/h6,8-9H,4-5,7,10H2,1-3H3. The van der Waals surface area contributed by atoms with E-state index in [4.69, 9.17) is 14.2 Å². The lowest BCUT2D eigenvalue weighted by Gasteiger charge is -2.21. The van der Waals surface area contributed by atoms with Gasteiger partial charge in [0.2, 0.25) is 0 Å². The Labute approximate surface area is 119 Å². The van der Waals surface area contributed by atoms with Crippen LogP contribution in [0.5, 0.6) is 11.5 Å². The molecule has 0 atom stereocenters. The summed E-state index contributed by atoms with van der Waals surface area (Å²) < 4.78 is 15.8. The van der Waals surface area contributed by atoms with Gasteiger partial charge in [-0.1, -0.05) is 12.1 Å². The zero-order valence-corrected chi connectivity index (χ0v) is 12.2. The number of allylic oxidation sites excluding steroid dienone is 1. The van der Waals surface area contributed by atoms with Gasteiger partial charge in [0.05, 0.1) is 27.2 Å². The average molecular weight is 276 g/mol. The average Bonchev–Trinajstić information content (AvgIpc) is 2.46. The van der Waals surface area contributed by atoms with E-state index in [1.807, 2.05) is 19.1 Å². The zero-order chi connectivity index (χ0) is 14.5. The van der Waals surface area contributed by atoms with E-state index in [1.54, 1.807) is 14.2 Å². The molecule has 0 saturated carbocycles. The van der Waals surface area contributed by atoms with Gasteiger partial charge in [0.25, 0.3) is 0 Å². The van der Waals surface area contributed by atoms with Gasteiger partial charge in [-0.05, 0) is 37.0 Å². The van der Waals surface area contributed by atoms with E-state index in [-0.39, 0.29) is 5.97 Å². The topological polar surface area (TPSA) is 44.8 Å². The summed E-state index contributed by atoms with van der Waals surface area (Å²) in [6.45, 7) is 2.22. The monoisotopic (exact) mass is 276 g/mol. The predicted octanol–water partition coefficient (Wildman–Crippen LogP) is 2.99. The highest BCUT2D eigenvalue weighted by Gasteiger charge is 2.21. The van der Waals surface area contributed by atoms with Crippen molar-refractivity contribution in [3.05, 3.63) is 29.3 Å². The fourth-order valence-corrected chi connectivity index (χ4v) is 2.58. The van der Waals surface area contributed by atoms with Gasteiger partial charge in [0, 0.05) is 5.56 Å². The summed E-state index contributed by atoms with van der Waals surface area (Å²) in [5.74, 6) is 1.30. The summed E-state index contributed by atoms with van der Waals surface area (Å²) in [5, 5.41) is 0. The van der Waals surface area contributed by atoms with Crippen molar-refractivity contribution >= 4 is 11.5 Å². The normalized spacial score (nSPS) is 13.2. The molecular weight excluding hydrogens is 256 g/mol. The van der Waals surface area contributed by atoms with Crippen LogP contribution in [0, 0.1) is 0 Å². The Morgan fingerprint density at radius 3 is 2.70 bits per heavy atom. The van der Waals surface area contributed by atoms with Crippen LogP contribution < -0.4 is 9.47 Å². The third kappa shape index (κ3) is 2.79. The quantitative estimate of drug-likeness (QED) is 0.776. The van der Waals surface area contributed by atoms with Crippen molar-refractivity contribution in [3.63, 3.8) is 0 Å². The highest BCUT2D eigenvalue weighted by Crippen LogP contribution is 2.40. The van der Waals surface area contributed by atoms with E-state index in [9.17, 15) is 4.79 Å². The summed E-state index contributed by atoms with van der Waals surface area (Å²) in [7, 11) is 3.27. The minimum absolute atomic E-state index is 0.193. The summed E-state index contributed by atoms with van der Waals surface area (Å²) in [4.78, 5) is 11.7. The molecule has 0 aromatic heterocycles. The van der Waals surface area contributed by atoms with Gasteiger partial charge >= 0.3 is 5.97 Å². The minimum atomic E-state index is -0.193. The number of carbonyl (C=O) groups is 1. The number of ether oxygens (including phenoxy) is 3. The molecular formula is C16H20O4. The van der Waals surface area contributed by atoms with Crippen LogP contribution in [0.4, 0.5) is 0 Å². The molecule has 0 bridgehead atoms. The molecule has 1 aliphatic carbocycles. The van der Waals surface area contributed by atoms with E-state index in [0.29, 0.717) is 13.0 Å². The van der Waals surface area contributed by atoms with Crippen LogP contribution in [-0.4, -0.2) is 26.8 Å². The Hall–Kier alpha value is -1.97. The molecule has 2 rings (SSSR count). The maximum atomic E-state index is 11.7. The lowest BCUT2D eigenvalue weighted by molar-refractivity contribution is -0.141. The number of esters is 1. The van der Waals surface area contributed by atoms with E-state index >= 15 is 0 Å². The van der Waals surface area contributed by atoms with Crippen molar-refractivity contribution in [2.45, 2.75) is 26.2 Å². The number of hydrogen-bond donors (Lipinski definition) is 0. The Balaban J connectivity index is 2.34. The summed E-state index contributed by atoms with van der Waals surface area (Å²) in [6, 6.07) is 3.86. The summed E-state index contributed by atoms with van der Waals surface area (Å²) in [6.07, 6.45) is 4.19. The minimum Gasteiger partial charge on any atom is -0.493 e. The highest BCUT2D eigenvalue weighted by molar-refractivity contribution is 5.87. The fourth-order valence-electron chi connectivity index (χ4n) is 2.58. The summed E-state index contributed by atoms with van der Waals surface area (Å²) >= 11 is 0. The molecule has 0 radical (unpaired) electrons.